The van der Waals surface area contributed by atoms with Crippen LogP contribution in [0.15, 0.2) is 0 Å². The van der Waals surface area contributed by atoms with Crippen molar-refractivity contribution in [3.05, 3.63) is 0 Å². The van der Waals surface area contributed by atoms with E-state index < -0.39 is 0 Å². The molecule has 4 heteroatoms. The molecule has 92 valence electrons. The first-order chi connectivity index (χ1) is 7.75. The summed E-state index contributed by atoms with van der Waals surface area (Å²) in [6, 6.07) is 0. The lowest BCUT2D eigenvalue weighted by atomic mass is 10.2. The second kappa shape index (κ2) is 5.64. The molecule has 0 aromatic heterocycles. The van der Waals surface area contributed by atoms with Gasteiger partial charge in [-0.15, -0.1) is 0 Å². The van der Waals surface area contributed by atoms with Crippen molar-refractivity contribution in [3.8, 4) is 0 Å². The molecule has 0 saturated carbocycles. The van der Waals surface area contributed by atoms with E-state index in [-0.39, 0.29) is 0 Å². The molecule has 16 heavy (non-hydrogen) atoms. The lowest BCUT2D eigenvalue weighted by molar-refractivity contribution is -0.132. The third-order valence-corrected chi connectivity index (χ3v) is 3.56. The molecule has 2 aliphatic rings. The molecule has 0 bridgehead atoms. The van der Waals surface area contributed by atoms with Crippen LogP contribution >= 0.6 is 0 Å². The van der Waals surface area contributed by atoms with Crippen molar-refractivity contribution < 1.29 is 4.79 Å². The van der Waals surface area contributed by atoms with Gasteiger partial charge in [-0.3, -0.25) is 9.69 Å². The van der Waals surface area contributed by atoms with Gasteiger partial charge in [0.15, 0.2) is 0 Å². The van der Waals surface area contributed by atoms with Crippen LogP contribution in [0.25, 0.3) is 0 Å². The fraction of sp³-hybridized carbons (Fsp3) is 0.917. The van der Waals surface area contributed by atoms with Crippen LogP contribution in [0.4, 0.5) is 0 Å². The van der Waals surface area contributed by atoms with Crippen molar-refractivity contribution in [3.63, 3.8) is 0 Å². The van der Waals surface area contributed by atoms with E-state index in [9.17, 15) is 4.79 Å². The minimum absolute atomic E-state index is 0.317. The number of hydrogen-bond acceptors (Lipinski definition) is 3. The number of nitrogens with zero attached hydrogens (tertiary/aromatic N) is 2. The summed E-state index contributed by atoms with van der Waals surface area (Å²) in [5.74, 6) is 1.08. The van der Waals surface area contributed by atoms with E-state index in [1.807, 2.05) is 4.90 Å². The van der Waals surface area contributed by atoms with E-state index in [1.54, 1.807) is 0 Å². The molecular formula is C12H23N3O. The number of rotatable bonds is 2. The summed E-state index contributed by atoms with van der Waals surface area (Å²) in [4.78, 5) is 16.4. The maximum Gasteiger partial charge on any atom is 0.236 e. The van der Waals surface area contributed by atoms with Gasteiger partial charge in [-0.05, 0) is 31.8 Å². The van der Waals surface area contributed by atoms with Gasteiger partial charge >= 0.3 is 0 Å². The van der Waals surface area contributed by atoms with E-state index in [2.05, 4.69) is 17.1 Å². The third kappa shape index (κ3) is 3.19. The molecule has 2 fully saturated rings. The molecule has 0 radical (unpaired) electrons. The molecule has 2 rings (SSSR count). The number of hydrogen-bond donors (Lipinski definition) is 1. The number of amides is 1. The zero-order valence-electron chi connectivity index (χ0n) is 10.2. The second-order valence-corrected chi connectivity index (χ2v) is 5.11. The van der Waals surface area contributed by atoms with Crippen LogP contribution in [0.5, 0.6) is 0 Å². The van der Waals surface area contributed by atoms with E-state index in [0.29, 0.717) is 12.5 Å². The van der Waals surface area contributed by atoms with Crippen molar-refractivity contribution in [2.45, 2.75) is 19.8 Å². The van der Waals surface area contributed by atoms with Crippen LogP contribution in [-0.2, 0) is 4.79 Å². The number of carbonyl (C=O) groups excluding carboxylic acids is 1. The quantitative estimate of drug-likeness (QED) is 0.726. The Kier molecular flexibility index (Phi) is 4.18. The minimum Gasteiger partial charge on any atom is -0.340 e. The van der Waals surface area contributed by atoms with Gasteiger partial charge in [-0.25, -0.2) is 0 Å². The summed E-state index contributed by atoms with van der Waals surface area (Å²) >= 11 is 0. The van der Waals surface area contributed by atoms with Crippen molar-refractivity contribution in [1.29, 1.82) is 0 Å². The Morgan fingerprint density at radius 2 is 2.19 bits per heavy atom. The first kappa shape index (κ1) is 11.9. The molecular weight excluding hydrogens is 202 g/mol. The van der Waals surface area contributed by atoms with Crippen LogP contribution in [0.1, 0.15) is 19.8 Å². The third-order valence-electron chi connectivity index (χ3n) is 3.56. The average Bonchev–Trinajstić information content (AvgIpc) is 2.56. The number of nitrogens with one attached hydrogen (secondary N) is 1. The van der Waals surface area contributed by atoms with Gasteiger partial charge in [0.25, 0.3) is 0 Å². The zero-order chi connectivity index (χ0) is 11.4. The Labute approximate surface area is 98.0 Å². The highest BCUT2D eigenvalue weighted by Gasteiger charge is 2.23. The molecule has 4 nitrogen and oxygen atoms in total. The molecule has 0 aliphatic carbocycles. The fourth-order valence-corrected chi connectivity index (χ4v) is 2.56. The Bertz CT molecular complexity index is 236. The summed E-state index contributed by atoms with van der Waals surface area (Å²) in [5, 5.41) is 3.33. The predicted molar refractivity (Wildman–Crippen MR) is 64.3 cm³/mol. The van der Waals surface area contributed by atoms with E-state index in [0.717, 1.165) is 51.6 Å². The van der Waals surface area contributed by atoms with Crippen LogP contribution in [0.2, 0.25) is 0 Å². The van der Waals surface area contributed by atoms with Gasteiger partial charge in [0.05, 0.1) is 6.54 Å². The highest BCUT2D eigenvalue weighted by molar-refractivity contribution is 5.78. The van der Waals surface area contributed by atoms with Gasteiger partial charge in [0, 0.05) is 26.2 Å². The molecule has 1 amide bonds. The average molecular weight is 225 g/mol. The molecule has 1 unspecified atom stereocenters. The maximum absolute atomic E-state index is 12.1. The smallest absolute Gasteiger partial charge is 0.236 e. The SMILES string of the molecule is CC1CCN(CC(=O)N2CCCNCC2)C1. The van der Waals surface area contributed by atoms with Crippen LogP contribution < -0.4 is 5.32 Å². The lowest BCUT2D eigenvalue weighted by Crippen LogP contribution is -2.41. The van der Waals surface area contributed by atoms with Crippen molar-refractivity contribution in [2.75, 3.05) is 45.8 Å². The van der Waals surface area contributed by atoms with Crippen molar-refractivity contribution in [2.24, 2.45) is 5.92 Å². The van der Waals surface area contributed by atoms with Crippen LogP contribution in [0, 0.1) is 5.92 Å². The summed E-state index contributed by atoms with van der Waals surface area (Å²) in [6.45, 7) is 8.88. The Hall–Kier alpha value is -0.610. The first-order valence-corrected chi connectivity index (χ1v) is 6.46. The van der Waals surface area contributed by atoms with E-state index in [1.165, 1.54) is 6.42 Å². The molecule has 2 saturated heterocycles. The molecule has 1 N–H and O–H groups in total. The standard InChI is InChI=1S/C12H23N3O/c1-11-3-7-14(9-11)10-12(16)15-6-2-4-13-5-8-15/h11,13H,2-10H2,1H3. The molecule has 0 aromatic rings. The summed E-state index contributed by atoms with van der Waals surface area (Å²) in [6.07, 6.45) is 2.33. The first-order valence-electron chi connectivity index (χ1n) is 6.46. The van der Waals surface area contributed by atoms with Gasteiger partial charge in [-0.1, -0.05) is 6.92 Å². The fourth-order valence-electron chi connectivity index (χ4n) is 2.56. The largest absolute Gasteiger partial charge is 0.340 e. The number of likely N-dealkylation sites (tertiary alicyclic amines) is 1. The monoisotopic (exact) mass is 225 g/mol. The highest BCUT2D eigenvalue weighted by atomic mass is 16.2. The molecule has 0 aromatic carbocycles. The summed E-state index contributed by atoms with van der Waals surface area (Å²) in [7, 11) is 0. The van der Waals surface area contributed by atoms with Gasteiger partial charge in [0.1, 0.15) is 0 Å². The maximum atomic E-state index is 12.1. The Morgan fingerprint density at radius 3 is 2.94 bits per heavy atom. The van der Waals surface area contributed by atoms with Gasteiger partial charge < -0.3 is 10.2 Å². The normalized spacial score (nSPS) is 28.1. The zero-order valence-corrected chi connectivity index (χ0v) is 10.2. The lowest BCUT2D eigenvalue weighted by Gasteiger charge is -2.23. The Balaban J connectivity index is 1.77. The molecule has 2 aliphatic heterocycles. The number of carbonyl (C=O) groups is 1. The van der Waals surface area contributed by atoms with E-state index >= 15 is 0 Å². The molecule has 2 heterocycles. The van der Waals surface area contributed by atoms with Crippen LogP contribution in [-0.4, -0.2) is 61.5 Å². The highest BCUT2D eigenvalue weighted by Crippen LogP contribution is 2.14. The van der Waals surface area contributed by atoms with Gasteiger partial charge in [0.2, 0.25) is 5.91 Å². The summed E-state index contributed by atoms with van der Waals surface area (Å²) in [5.41, 5.74) is 0. The Morgan fingerprint density at radius 1 is 1.31 bits per heavy atom. The van der Waals surface area contributed by atoms with E-state index in [4.69, 9.17) is 0 Å². The van der Waals surface area contributed by atoms with Crippen LogP contribution in [0.3, 0.4) is 0 Å². The predicted octanol–water partition coefficient (Wildman–Crippen LogP) is 0.150. The van der Waals surface area contributed by atoms with Crippen molar-refractivity contribution in [1.82, 2.24) is 15.1 Å². The molecule has 1 atom stereocenters. The molecule has 0 spiro atoms. The minimum atomic E-state index is 0.317. The summed E-state index contributed by atoms with van der Waals surface area (Å²) < 4.78 is 0. The second-order valence-electron chi connectivity index (χ2n) is 5.11. The van der Waals surface area contributed by atoms with Gasteiger partial charge in [-0.2, -0.15) is 0 Å². The van der Waals surface area contributed by atoms with Crippen molar-refractivity contribution >= 4 is 5.91 Å². The topological polar surface area (TPSA) is 35.6 Å².